The van der Waals surface area contributed by atoms with Gasteiger partial charge in [-0.05, 0) is 19.4 Å². The molecule has 38 heavy (non-hydrogen) atoms. The van der Waals surface area contributed by atoms with Gasteiger partial charge in [0.15, 0.2) is 17.4 Å². The summed E-state index contributed by atoms with van der Waals surface area (Å²) < 4.78 is 31.5. The summed E-state index contributed by atoms with van der Waals surface area (Å²) in [5.74, 6) is -0.561. The van der Waals surface area contributed by atoms with Crippen LogP contribution < -0.4 is 16.4 Å². The number of aromatic nitrogens is 4. The first kappa shape index (κ1) is 26.8. The minimum absolute atomic E-state index is 0.0247. The van der Waals surface area contributed by atoms with Crippen molar-refractivity contribution in [2.24, 2.45) is 0 Å². The summed E-state index contributed by atoms with van der Waals surface area (Å²) >= 11 is 0.937. The normalized spacial score (nSPS) is 32.0. The molecule has 2 aromatic heterocycles. The molecule has 2 aliphatic heterocycles. The fraction of sp³-hybridized carbons (Fsp3) is 0.455. The van der Waals surface area contributed by atoms with E-state index in [1.165, 1.54) is 17.8 Å². The molecule has 0 aliphatic carbocycles. The van der Waals surface area contributed by atoms with Crippen molar-refractivity contribution in [2.75, 3.05) is 18.1 Å². The van der Waals surface area contributed by atoms with Gasteiger partial charge < -0.3 is 29.9 Å². The second kappa shape index (κ2) is 10.1. The quantitative estimate of drug-likeness (QED) is 0.199. The monoisotopic (exact) mass is 566 g/mol. The van der Waals surface area contributed by atoms with Crippen molar-refractivity contribution >= 4 is 41.2 Å². The Morgan fingerprint density at radius 2 is 2.16 bits per heavy atom. The number of hydrogen-bond donors (Lipinski definition) is 5. The van der Waals surface area contributed by atoms with Gasteiger partial charge in [0.1, 0.15) is 30.0 Å². The second-order valence-corrected chi connectivity index (χ2v) is 13.6. The predicted molar refractivity (Wildman–Crippen MR) is 137 cm³/mol. The predicted octanol–water partition coefficient (Wildman–Crippen LogP) is 0.845. The number of carbonyl (C=O) groups excluding carboxylic acids is 1. The Morgan fingerprint density at radius 3 is 2.89 bits per heavy atom. The first-order valence-corrected chi connectivity index (χ1v) is 14.9. The van der Waals surface area contributed by atoms with Gasteiger partial charge in [0.2, 0.25) is 5.95 Å². The van der Waals surface area contributed by atoms with Crippen molar-refractivity contribution < 1.29 is 33.6 Å². The van der Waals surface area contributed by atoms with Crippen LogP contribution in [0, 0.1) is 0 Å². The van der Waals surface area contributed by atoms with Gasteiger partial charge in [-0.2, -0.15) is 4.98 Å². The number of nitrogen functional groups attached to an aromatic ring is 1. The van der Waals surface area contributed by atoms with Crippen LogP contribution in [0.3, 0.4) is 0 Å². The number of ether oxygens (including phenoxy) is 2. The first-order valence-electron chi connectivity index (χ1n) is 11.7. The van der Waals surface area contributed by atoms with Crippen molar-refractivity contribution in [3.8, 4) is 0 Å². The smallest absolute Gasteiger partial charge is 0.327 e. The Kier molecular flexibility index (Phi) is 7.11. The molecule has 0 amide bonds. The van der Waals surface area contributed by atoms with Crippen LogP contribution in [-0.4, -0.2) is 71.9 Å². The summed E-state index contributed by atoms with van der Waals surface area (Å²) in [6, 6.07) is 8.37. The molecular weight excluding hydrogens is 539 g/mol. The molecule has 0 spiro atoms. The number of nitrogens with two attached hydrogens (primary N) is 1. The Bertz CT molecular complexity index is 1450. The molecule has 6 N–H and O–H groups in total. The molecule has 0 radical (unpaired) electrons. The van der Waals surface area contributed by atoms with Crippen molar-refractivity contribution in [3.05, 3.63) is 52.6 Å². The lowest BCUT2D eigenvalue weighted by atomic mass is 9.96. The molecule has 1 aromatic carbocycles. The summed E-state index contributed by atoms with van der Waals surface area (Å²) in [6.07, 6.45) is -3.03. The zero-order valence-electron chi connectivity index (χ0n) is 20.4. The van der Waals surface area contributed by atoms with Gasteiger partial charge in [-0.15, -0.1) is 0 Å². The molecule has 3 aromatic rings. The number of nitrogens with one attached hydrogen (secondary N) is 2. The third kappa shape index (κ3) is 4.98. The molecule has 14 nitrogen and oxygen atoms in total. The SMILES string of the molecule is C[C@@H](OC(=O)C1CSP(=O)(OCC2O[C@@H](n3cnc4c(=O)[nH]c(N)nc43)[C@](C)(O)[C@@H]2O)N1)c1ccccc1. The Labute approximate surface area is 220 Å². The average Bonchev–Trinajstić information content (AvgIpc) is 3.54. The summed E-state index contributed by atoms with van der Waals surface area (Å²) in [5, 5.41) is 24.5. The van der Waals surface area contributed by atoms with Crippen LogP contribution in [0.4, 0.5) is 5.95 Å². The maximum Gasteiger partial charge on any atom is 0.327 e. The van der Waals surface area contributed by atoms with E-state index in [4.69, 9.17) is 19.7 Å². The highest BCUT2D eigenvalue weighted by molar-refractivity contribution is 8.56. The van der Waals surface area contributed by atoms with Crippen LogP contribution in [0.2, 0.25) is 0 Å². The van der Waals surface area contributed by atoms with Crippen LogP contribution in [0.5, 0.6) is 0 Å². The number of esters is 1. The molecule has 5 rings (SSSR count). The molecule has 3 unspecified atom stereocenters. The van der Waals surface area contributed by atoms with E-state index < -0.39 is 54.4 Å². The van der Waals surface area contributed by atoms with E-state index in [0.29, 0.717) is 0 Å². The third-order valence-corrected chi connectivity index (χ3v) is 10.5. The lowest BCUT2D eigenvalue weighted by Crippen LogP contribution is -2.44. The van der Waals surface area contributed by atoms with E-state index in [1.807, 2.05) is 30.3 Å². The standard InChI is InChI=1S/C22H27N6O8PS/c1-11(12-6-4-3-5-7-12)35-19(31)13-9-38-37(33,27-13)34-8-14-16(29)22(2,32)20(36-14)28-10-24-15-17(28)25-21(23)26-18(15)30/h3-7,10-11,13-14,16,20,29,32H,8-9H2,1-2H3,(H,27,33)(H3,23,25,26,30)/t11-,13?,14?,16-,20-,22-,37?/m1/s1. The maximum absolute atomic E-state index is 13.2. The van der Waals surface area contributed by atoms with Crippen molar-refractivity contribution in [3.63, 3.8) is 0 Å². The lowest BCUT2D eigenvalue weighted by Gasteiger charge is -2.27. The van der Waals surface area contributed by atoms with E-state index in [2.05, 4.69) is 20.0 Å². The Morgan fingerprint density at radius 1 is 1.42 bits per heavy atom. The fourth-order valence-electron chi connectivity index (χ4n) is 4.35. The van der Waals surface area contributed by atoms with E-state index in [0.717, 1.165) is 16.9 Å². The molecule has 2 aliphatic rings. The molecule has 2 fully saturated rings. The zero-order valence-corrected chi connectivity index (χ0v) is 22.1. The van der Waals surface area contributed by atoms with Crippen molar-refractivity contribution in [1.29, 1.82) is 0 Å². The number of rotatable bonds is 7. The summed E-state index contributed by atoms with van der Waals surface area (Å²) in [5.41, 5.74) is 4.07. The highest BCUT2D eigenvalue weighted by Crippen LogP contribution is 2.61. The van der Waals surface area contributed by atoms with Crippen LogP contribution in [0.15, 0.2) is 41.5 Å². The number of aromatic amines is 1. The van der Waals surface area contributed by atoms with Crippen LogP contribution in [-0.2, 0) is 23.4 Å². The molecule has 204 valence electrons. The molecule has 7 atom stereocenters. The molecular formula is C22H27N6O8PS. The molecule has 2 saturated heterocycles. The van der Waals surface area contributed by atoms with E-state index in [9.17, 15) is 24.4 Å². The van der Waals surface area contributed by atoms with Crippen LogP contribution in [0.25, 0.3) is 11.2 Å². The number of imidazole rings is 1. The maximum atomic E-state index is 13.2. The van der Waals surface area contributed by atoms with Gasteiger partial charge in [0.25, 0.3) is 5.56 Å². The number of carbonyl (C=O) groups is 1. The van der Waals surface area contributed by atoms with E-state index >= 15 is 0 Å². The summed E-state index contributed by atoms with van der Waals surface area (Å²) in [7, 11) is 0. The van der Waals surface area contributed by atoms with E-state index in [-0.39, 0.29) is 29.5 Å². The highest BCUT2D eigenvalue weighted by Gasteiger charge is 2.54. The van der Waals surface area contributed by atoms with Gasteiger partial charge in [-0.1, -0.05) is 41.7 Å². The number of H-pyrrole nitrogens is 1. The van der Waals surface area contributed by atoms with Gasteiger partial charge in [-0.3, -0.25) is 23.7 Å². The van der Waals surface area contributed by atoms with Gasteiger partial charge in [0.05, 0.1) is 12.9 Å². The number of aliphatic hydroxyl groups excluding tert-OH is 1. The van der Waals surface area contributed by atoms with Gasteiger partial charge in [0, 0.05) is 5.75 Å². The molecule has 0 bridgehead atoms. The fourth-order valence-corrected chi connectivity index (χ4v) is 8.23. The highest BCUT2D eigenvalue weighted by atomic mass is 32.7. The number of benzene rings is 1. The number of hydrogen-bond acceptors (Lipinski definition) is 12. The van der Waals surface area contributed by atoms with Crippen LogP contribution >= 0.6 is 18.1 Å². The van der Waals surface area contributed by atoms with Crippen molar-refractivity contribution in [1.82, 2.24) is 24.6 Å². The second-order valence-electron chi connectivity index (χ2n) is 9.23. The minimum atomic E-state index is -3.55. The summed E-state index contributed by atoms with van der Waals surface area (Å²) in [6.45, 7) is -0.825. The molecule has 4 heterocycles. The average molecular weight is 567 g/mol. The number of nitrogens with zero attached hydrogens (tertiary/aromatic N) is 3. The number of fused-ring (bicyclic) bond motifs is 1. The summed E-state index contributed by atoms with van der Waals surface area (Å²) in [4.78, 5) is 35.1. The van der Waals surface area contributed by atoms with Crippen LogP contribution in [0.1, 0.15) is 31.7 Å². The third-order valence-electron chi connectivity index (χ3n) is 6.44. The van der Waals surface area contributed by atoms with Crippen molar-refractivity contribution in [2.45, 2.75) is 50.0 Å². The largest absolute Gasteiger partial charge is 0.457 e. The Hall–Kier alpha value is -2.78. The molecule has 0 saturated carbocycles. The number of anilines is 1. The van der Waals surface area contributed by atoms with E-state index in [1.54, 1.807) is 6.92 Å². The Balaban J connectivity index is 1.23. The first-order chi connectivity index (χ1) is 18.0. The lowest BCUT2D eigenvalue weighted by molar-refractivity contribution is -0.150. The van der Waals surface area contributed by atoms with Gasteiger partial charge in [-0.25, -0.2) is 10.1 Å². The topological polar surface area (TPSA) is 204 Å². The number of aliphatic hydroxyl groups is 2. The zero-order chi connectivity index (χ0) is 27.2. The minimum Gasteiger partial charge on any atom is -0.457 e. The molecule has 16 heteroatoms. The van der Waals surface area contributed by atoms with Gasteiger partial charge >= 0.3 is 12.7 Å².